The molecule has 2 saturated carbocycles. The highest BCUT2D eigenvalue weighted by Gasteiger charge is 2.85. The van der Waals surface area contributed by atoms with Crippen molar-refractivity contribution in [2.45, 2.75) is 116 Å². The second-order valence-corrected chi connectivity index (χ2v) is 14.0. The van der Waals surface area contributed by atoms with Crippen molar-refractivity contribution >= 4 is 17.8 Å². The zero-order valence-electron chi connectivity index (χ0n) is 25.8. The number of hydrogen-bond donors (Lipinski definition) is 1. The summed E-state index contributed by atoms with van der Waals surface area (Å²) >= 11 is 0. The van der Waals surface area contributed by atoms with Crippen LogP contribution in [0.15, 0.2) is 12.7 Å². The maximum Gasteiger partial charge on any atom is 0.407 e. The number of nitrogens with zero attached hydrogens (tertiary/aromatic N) is 1. The number of carbonyl (C=O) groups excluding carboxylic acids is 3. The topological polar surface area (TPSA) is 113 Å². The Hall–Kier alpha value is -2.01. The summed E-state index contributed by atoms with van der Waals surface area (Å²) in [6.07, 6.45) is -0.972. The fourth-order valence-electron chi connectivity index (χ4n) is 8.22. The maximum absolute atomic E-state index is 14.7. The van der Waals surface area contributed by atoms with Gasteiger partial charge in [-0.15, -0.1) is 6.58 Å². The number of esters is 1. The van der Waals surface area contributed by atoms with Gasteiger partial charge in [-0.3, -0.25) is 14.5 Å². The highest BCUT2D eigenvalue weighted by atomic mass is 16.7. The quantitative estimate of drug-likeness (QED) is 0.380. The van der Waals surface area contributed by atoms with Gasteiger partial charge in [0, 0.05) is 31.2 Å². The average Bonchev–Trinajstić information content (AvgIpc) is 2.82. The molecule has 2 aliphatic carbocycles. The minimum Gasteiger partial charge on any atom is -0.455 e. The molecular formula is C30H48N2O8. The molecule has 0 aromatic carbocycles. The third-order valence-corrected chi connectivity index (χ3v) is 9.79. The van der Waals surface area contributed by atoms with E-state index in [1.54, 1.807) is 24.8 Å². The lowest BCUT2D eigenvalue weighted by Gasteiger charge is -2.74. The van der Waals surface area contributed by atoms with Crippen LogP contribution in [-0.4, -0.2) is 84.9 Å². The van der Waals surface area contributed by atoms with Crippen LogP contribution in [-0.2, 0) is 33.3 Å². The fourth-order valence-corrected chi connectivity index (χ4v) is 8.22. The Morgan fingerprint density at radius 1 is 1.18 bits per heavy atom. The Morgan fingerprint density at radius 3 is 2.38 bits per heavy atom. The van der Waals surface area contributed by atoms with Gasteiger partial charge in [0.25, 0.3) is 0 Å². The second kappa shape index (κ2) is 10.1. The van der Waals surface area contributed by atoms with Gasteiger partial charge in [-0.25, -0.2) is 4.79 Å². The maximum atomic E-state index is 14.7. The van der Waals surface area contributed by atoms with Crippen molar-refractivity contribution in [1.82, 2.24) is 10.2 Å². The van der Waals surface area contributed by atoms with E-state index in [1.807, 2.05) is 34.9 Å². The van der Waals surface area contributed by atoms with E-state index in [1.165, 1.54) is 6.92 Å². The molecular weight excluding hydrogens is 516 g/mol. The van der Waals surface area contributed by atoms with Gasteiger partial charge >= 0.3 is 12.1 Å². The van der Waals surface area contributed by atoms with Crippen molar-refractivity contribution in [3.63, 3.8) is 0 Å². The van der Waals surface area contributed by atoms with Crippen LogP contribution in [0.1, 0.15) is 74.7 Å². The van der Waals surface area contributed by atoms with E-state index in [4.69, 9.17) is 23.7 Å². The number of alkyl carbamates (subject to hydrolysis) is 1. The summed E-state index contributed by atoms with van der Waals surface area (Å²) in [4.78, 5) is 42.5. The smallest absolute Gasteiger partial charge is 0.407 e. The summed E-state index contributed by atoms with van der Waals surface area (Å²) < 4.78 is 32.6. The van der Waals surface area contributed by atoms with E-state index in [0.29, 0.717) is 13.0 Å². The van der Waals surface area contributed by atoms with Gasteiger partial charge in [0.05, 0.1) is 11.7 Å². The van der Waals surface area contributed by atoms with Gasteiger partial charge in [-0.05, 0) is 52.1 Å². The molecule has 0 aromatic rings. The lowest BCUT2D eigenvalue weighted by Crippen LogP contribution is -2.90. The normalized spacial score (nSPS) is 43.9. The Morgan fingerprint density at radius 2 is 1.82 bits per heavy atom. The summed E-state index contributed by atoms with van der Waals surface area (Å²) in [5, 5.41) is 2.84. The standard InChI is InChI=1S/C30H48N2O8/c1-12-27(7)15-19(34)30-28(8)20(37-25(39-30)32(10)11)13-14-26(5,6)22(28)21(38-24(35)31-16-17(2)3)23(36-18(4)33)29(30,9)40-27/h12,17,20-23,25H,1,13-16H2,2-11H3,(H,31,35)/t20-,21-,22-,23-,25?,27-,28-,29+,30-/m0/s1. The molecule has 1 unspecified atom stereocenters. The van der Waals surface area contributed by atoms with Gasteiger partial charge in [0.1, 0.15) is 11.7 Å². The minimum atomic E-state index is -1.59. The molecule has 2 saturated heterocycles. The predicted molar refractivity (Wildman–Crippen MR) is 147 cm³/mol. The molecule has 226 valence electrons. The van der Waals surface area contributed by atoms with Crippen LogP contribution in [0, 0.1) is 22.7 Å². The van der Waals surface area contributed by atoms with Gasteiger partial charge < -0.3 is 29.0 Å². The third kappa shape index (κ3) is 4.41. The SMILES string of the molecule is C=C[C@@]1(C)CC(=O)[C@@]23OC(N(C)C)O[C@H]4CCC(C)(C)[C@H]([C@H](OC(=O)NCC(C)C)[C@H](OC(C)=O)[C@@]2(C)O1)[C@]43C. The number of Topliss-reactive ketones (excluding diaryl/α,β-unsaturated/α-hetero) is 1. The lowest BCUT2D eigenvalue weighted by molar-refractivity contribution is -0.456. The van der Waals surface area contributed by atoms with Crippen molar-refractivity contribution in [3.8, 4) is 0 Å². The number of ether oxygens (including phenoxy) is 5. The van der Waals surface area contributed by atoms with Gasteiger partial charge in [-0.2, -0.15) is 0 Å². The summed E-state index contributed by atoms with van der Waals surface area (Å²) in [6.45, 7) is 19.4. The van der Waals surface area contributed by atoms with Crippen molar-refractivity contribution in [3.05, 3.63) is 12.7 Å². The van der Waals surface area contributed by atoms with Crippen LogP contribution in [0.2, 0.25) is 0 Å². The first-order valence-electron chi connectivity index (χ1n) is 14.4. The number of ketones is 1. The molecule has 0 radical (unpaired) electrons. The Kier molecular flexibility index (Phi) is 7.79. The number of hydrogen-bond acceptors (Lipinski definition) is 9. The first-order valence-corrected chi connectivity index (χ1v) is 14.4. The molecule has 4 fully saturated rings. The summed E-state index contributed by atoms with van der Waals surface area (Å²) in [5.74, 6) is -1.03. The third-order valence-electron chi connectivity index (χ3n) is 9.79. The highest BCUT2D eigenvalue weighted by Crippen LogP contribution is 2.70. The van der Waals surface area contributed by atoms with Crippen LogP contribution < -0.4 is 5.32 Å². The molecule has 1 spiro atoms. The first kappa shape index (κ1) is 30.9. The molecule has 10 nitrogen and oxygen atoms in total. The lowest BCUT2D eigenvalue weighted by atomic mass is 9.39. The average molecular weight is 565 g/mol. The van der Waals surface area contributed by atoms with E-state index >= 15 is 0 Å². The van der Waals surface area contributed by atoms with Gasteiger partial charge in [-0.1, -0.05) is 40.7 Å². The summed E-state index contributed by atoms with van der Waals surface area (Å²) in [5.41, 5.74) is -5.67. The molecule has 9 atom stereocenters. The van der Waals surface area contributed by atoms with E-state index in [9.17, 15) is 14.4 Å². The Labute approximate surface area is 238 Å². The van der Waals surface area contributed by atoms with E-state index in [-0.39, 0.29) is 18.1 Å². The molecule has 4 rings (SSSR count). The van der Waals surface area contributed by atoms with Crippen molar-refractivity contribution < 1.29 is 38.1 Å². The van der Waals surface area contributed by atoms with E-state index in [2.05, 4.69) is 25.7 Å². The van der Waals surface area contributed by atoms with Crippen LogP contribution >= 0.6 is 0 Å². The van der Waals surface area contributed by atoms with Crippen LogP contribution in [0.4, 0.5) is 4.79 Å². The van der Waals surface area contributed by atoms with Crippen LogP contribution in [0.5, 0.6) is 0 Å². The molecule has 0 bridgehead atoms. The zero-order chi connectivity index (χ0) is 30.1. The molecule has 4 aliphatic rings. The molecule has 40 heavy (non-hydrogen) atoms. The molecule has 0 aromatic heterocycles. The van der Waals surface area contributed by atoms with Crippen LogP contribution in [0.3, 0.4) is 0 Å². The Bertz CT molecular complexity index is 1060. The monoisotopic (exact) mass is 564 g/mol. The Balaban J connectivity index is 2.01. The molecule has 2 heterocycles. The predicted octanol–water partition coefficient (Wildman–Crippen LogP) is 3.82. The van der Waals surface area contributed by atoms with E-state index < -0.39 is 70.3 Å². The number of carbonyl (C=O) groups is 3. The molecule has 1 N–H and O–H groups in total. The molecule has 10 heteroatoms. The number of nitrogens with one attached hydrogen (secondary N) is 1. The van der Waals surface area contributed by atoms with Gasteiger partial charge in [0.15, 0.2) is 17.5 Å². The minimum absolute atomic E-state index is 0.0227. The highest BCUT2D eigenvalue weighted by molar-refractivity contribution is 5.93. The number of rotatable bonds is 6. The van der Waals surface area contributed by atoms with E-state index in [0.717, 1.165) is 6.42 Å². The first-order chi connectivity index (χ1) is 18.4. The zero-order valence-corrected chi connectivity index (χ0v) is 25.8. The number of amides is 1. The van der Waals surface area contributed by atoms with Gasteiger partial charge in [0.2, 0.25) is 6.41 Å². The molecule has 1 amide bonds. The van der Waals surface area contributed by atoms with Crippen molar-refractivity contribution in [1.29, 1.82) is 0 Å². The van der Waals surface area contributed by atoms with Crippen molar-refractivity contribution in [2.75, 3.05) is 20.6 Å². The summed E-state index contributed by atoms with van der Waals surface area (Å²) in [6, 6.07) is 0. The largest absolute Gasteiger partial charge is 0.455 e. The van der Waals surface area contributed by atoms with Crippen molar-refractivity contribution in [2.24, 2.45) is 22.7 Å². The second-order valence-electron chi connectivity index (χ2n) is 14.0. The molecule has 2 aliphatic heterocycles. The van der Waals surface area contributed by atoms with Crippen LogP contribution in [0.25, 0.3) is 0 Å². The fraction of sp³-hybridized carbons (Fsp3) is 0.833. The summed E-state index contributed by atoms with van der Waals surface area (Å²) in [7, 11) is 3.65.